The third-order valence-electron chi connectivity index (χ3n) is 5.38. The maximum atomic E-state index is 12.9. The molecular formula is C22H24F2N6O. The van der Waals surface area contributed by atoms with E-state index in [4.69, 9.17) is 0 Å². The highest BCUT2D eigenvalue weighted by atomic mass is 19.3. The van der Waals surface area contributed by atoms with Crippen molar-refractivity contribution in [1.82, 2.24) is 24.4 Å². The smallest absolute Gasteiger partial charge is 0.295 e. The number of para-hydroxylation sites is 2. The zero-order valence-corrected chi connectivity index (χ0v) is 17.4. The van der Waals surface area contributed by atoms with E-state index in [9.17, 15) is 13.6 Å². The van der Waals surface area contributed by atoms with Crippen LogP contribution in [-0.2, 0) is 6.54 Å². The molecule has 0 unspecified atom stereocenters. The lowest BCUT2D eigenvalue weighted by molar-refractivity contribution is 0.102. The quantitative estimate of drug-likeness (QED) is 0.437. The van der Waals surface area contributed by atoms with Crippen LogP contribution in [-0.4, -0.2) is 50.0 Å². The second kappa shape index (κ2) is 8.81. The Kier molecular flexibility index (Phi) is 5.94. The largest absolute Gasteiger partial charge is 0.337 e. The molecule has 9 heteroatoms. The second-order valence-electron chi connectivity index (χ2n) is 7.21. The number of hydrogen-bond donors (Lipinski definition) is 2. The van der Waals surface area contributed by atoms with Gasteiger partial charge >= 0.3 is 0 Å². The monoisotopic (exact) mass is 426 g/mol. The fourth-order valence-electron chi connectivity index (χ4n) is 3.63. The molecule has 2 N–H and O–H groups in total. The highest BCUT2D eigenvalue weighted by Gasteiger charge is 2.17. The van der Waals surface area contributed by atoms with Crippen molar-refractivity contribution in [2.45, 2.75) is 26.8 Å². The van der Waals surface area contributed by atoms with Crippen molar-refractivity contribution >= 4 is 33.9 Å². The van der Waals surface area contributed by atoms with E-state index in [1.807, 2.05) is 28.8 Å². The van der Waals surface area contributed by atoms with Crippen molar-refractivity contribution in [3.05, 3.63) is 53.9 Å². The molecule has 0 saturated carbocycles. The maximum absolute atomic E-state index is 12.9. The number of H-pyrrole nitrogens is 1. The van der Waals surface area contributed by atoms with Gasteiger partial charge in [0.05, 0.1) is 22.1 Å². The predicted molar refractivity (Wildman–Crippen MR) is 117 cm³/mol. The Labute approximate surface area is 178 Å². The minimum Gasteiger partial charge on any atom is -0.337 e. The van der Waals surface area contributed by atoms with E-state index in [0.29, 0.717) is 29.1 Å². The van der Waals surface area contributed by atoms with Crippen LogP contribution in [0, 0.1) is 0 Å². The van der Waals surface area contributed by atoms with Gasteiger partial charge in [0.15, 0.2) is 5.82 Å². The number of alkyl halides is 2. The zero-order valence-electron chi connectivity index (χ0n) is 17.4. The van der Waals surface area contributed by atoms with Gasteiger partial charge in [-0.05, 0) is 43.4 Å². The minimum atomic E-state index is -2.70. The Hall–Kier alpha value is -3.33. The van der Waals surface area contributed by atoms with E-state index in [1.165, 1.54) is 6.07 Å². The lowest BCUT2D eigenvalue weighted by atomic mass is 10.2. The molecule has 4 aromatic rings. The van der Waals surface area contributed by atoms with Crippen LogP contribution in [0.4, 0.5) is 14.7 Å². The van der Waals surface area contributed by atoms with Gasteiger partial charge in [-0.2, -0.15) is 0 Å². The number of rotatable bonds is 8. The van der Waals surface area contributed by atoms with Gasteiger partial charge in [0.1, 0.15) is 0 Å². The number of carbonyl (C=O) groups is 1. The van der Waals surface area contributed by atoms with E-state index in [2.05, 4.69) is 39.0 Å². The van der Waals surface area contributed by atoms with E-state index in [0.717, 1.165) is 30.7 Å². The number of aromatic nitrogens is 4. The summed E-state index contributed by atoms with van der Waals surface area (Å²) in [5.74, 6) is -0.323. The summed E-state index contributed by atoms with van der Waals surface area (Å²) in [4.78, 5) is 26.2. The van der Waals surface area contributed by atoms with Gasteiger partial charge in [-0.25, -0.2) is 18.7 Å². The molecule has 162 valence electrons. The fraction of sp³-hybridized carbons (Fsp3) is 0.318. The Bertz CT molecular complexity index is 1210. The number of fused-ring (bicyclic) bond motifs is 2. The summed E-state index contributed by atoms with van der Waals surface area (Å²) in [5, 5.41) is 2.88. The average Bonchev–Trinajstić information content (AvgIpc) is 3.35. The number of hydrogen-bond acceptors (Lipinski definition) is 4. The summed E-state index contributed by atoms with van der Waals surface area (Å²) in [6.07, 6.45) is -2.70. The molecule has 2 aromatic heterocycles. The number of halogens is 2. The van der Waals surface area contributed by atoms with E-state index >= 15 is 0 Å². The third kappa shape index (κ3) is 4.27. The van der Waals surface area contributed by atoms with Crippen LogP contribution in [0.2, 0.25) is 0 Å². The standard InChI is InChI=1S/C22H24F2N6O/c1-3-29(4-2)11-12-30-18-8-6-5-7-16(18)27-22(30)28-21(31)14-9-10-15-17(13-14)26-20(25-15)19(23)24/h5-10,13,19H,3-4,11-12H2,1-2H3,(H,25,26)(H,27,28,31). The summed E-state index contributed by atoms with van der Waals surface area (Å²) in [7, 11) is 0. The highest BCUT2D eigenvalue weighted by molar-refractivity contribution is 6.05. The van der Waals surface area contributed by atoms with Crippen molar-refractivity contribution in [3.8, 4) is 0 Å². The van der Waals surface area contributed by atoms with Crippen LogP contribution in [0.5, 0.6) is 0 Å². The first-order valence-corrected chi connectivity index (χ1v) is 10.3. The summed E-state index contributed by atoms with van der Waals surface area (Å²) >= 11 is 0. The Balaban J connectivity index is 1.62. The molecule has 0 bridgehead atoms. The summed E-state index contributed by atoms with van der Waals surface area (Å²) in [6.45, 7) is 7.61. The topological polar surface area (TPSA) is 78.8 Å². The summed E-state index contributed by atoms with van der Waals surface area (Å²) in [5.41, 5.74) is 2.84. The molecule has 0 radical (unpaired) electrons. The first-order chi connectivity index (χ1) is 15.0. The average molecular weight is 426 g/mol. The van der Waals surface area contributed by atoms with Crippen LogP contribution in [0.15, 0.2) is 42.5 Å². The highest BCUT2D eigenvalue weighted by Crippen LogP contribution is 2.23. The summed E-state index contributed by atoms with van der Waals surface area (Å²) in [6, 6.07) is 12.4. The second-order valence-corrected chi connectivity index (χ2v) is 7.21. The summed E-state index contributed by atoms with van der Waals surface area (Å²) < 4.78 is 27.8. The van der Waals surface area contributed by atoms with Crippen molar-refractivity contribution < 1.29 is 13.6 Å². The van der Waals surface area contributed by atoms with Crippen LogP contribution >= 0.6 is 0 Å². The van der Waals surface area contributed by atoms with Crippen LogP contribution < -0.4 is 5.32 Å². The Morgan fingerprint density at radius 3 is 2.65 bits per heavy atom. The SMILES string of the molecule is CCN(CC)CCn1c(NC(=O)c2ccc3nc(C(F)F)[nH]c3c2)nc2ccccc21. The fourth-order valence-corrected chi connectivity index (χ4v) is 3.63. The number of imidazole rings is 2. The van der Waals surface area contributed by atoms with Gasteiger partial charge in [0.25, 0.3) is 12.3 Å². The molecule has 1 amide bonds. The first-order valence-electron chi connectivity index (χ1n) is 10.3. The van der Waals surface area contributed by atoms with E-state index < -0.39 is 12.2 Å². The van der Waals surface area contributed by atoms with Crippen LogP contribution in [0.1, 0.15) is 36.5 Å². The minimum absolute atomic E-state index is 0.333. The molecule has 2 aromatic carbocycles. The molecule has 0 aliphatic carbocycles. The van der Waals surface area contributed by atoms with Crippen LogP contribution in [0.3, 0.4) is 0 Å². The molecular weight excluding hydrogens is 402 g/mol. The molecule has 7 nitrogen and oxygen atoms in total. The normalized spacial score (nSPS) is 11.8. The first kappa shape index (κ1) is 20.9. The number of benzene rings is 2. The van der Waals surface area contributed by atoms with Gasteiger partial charge in [0, 0.05) is 18.7 Å². The number of aromatic amines is 1. The number of nitrogens with zero attached hydrogens (tertiary/aromatic N) is 4. The maximum Gasteiger partial charge on any atom is 0.295 e. The molecule has 0 aliphatic rings. The molecule has 0 saturated heterocycles. The number of anilines is 1. The molecule has 31 heavy (non-hydrogen) atoms. The van der Waals surface area contributed by atoms with Gasteiger partial charge in [-0.1, -0.05) is 26.0 Å². The molecule has 4 rings (SSSR count). The van der Waals surface area contributed by atoms with Gasteiger partial charge in [-0.3, -0.25) is 10.1 Å². The van der Waals surface area contributed by atoms with Gasteiger partial charge in [-0.15, -0.1) is 0 Å². The number of amides is 1. The molecule has 0 atom stereocenters. The molecule has 0 aliphatic heterocycles. The van der Waals surface area contributed by atoms with Crippen molar-refractivity contribution in [3.63, 3.8) is 0 Å². The number of likely N-dealkylation sites (N-methyl/N-ethyl adjacent to an activating group) is 1. The number of carbonyl (C=O) groups excluding carboxylic acids is 1. The Morgan fingerprint density at radius 1 is 1.13 bits per heavy atom. The van der Waals surface area contributed by atoms with E-state index in [-0.39, 0.29) is 5.91 Å². The van der Waals surface area contributed by atoms with Crippen molar-refractivity contribution in [2.24, 2.45) is 0 Å². The lowest BCUT2D eigenvalue weighted by Gasteiger charge is -2.19. The predicted octanol–water partition coefficient (Wildman–Crippen LogP) is 4.44. The van der Waals surface area contributed by atoms with E-state index in [1.54, 1.807) is 12.1 Å². The lowest BCUT2D eigenvalue weighted by Crippen LogP contribution is -2.27. The van der Waals surface area contributed by atoms with Crippen LogP contribution in [0.25, 0.3) is 22.1 Å². The molecule has 2 heterocycles. The van der Waals surface area contributed by atoms with Crippen molar-refractivity contribution in [1.29, 1.82) is 0 Å². The number of nitrogens with one attached hydrogen (secondary N) is 2. The Morgan fingerprint density at radius 2 is 1.90 bits per heavy atom. The zero-order chi connectivity index (χ0) is 22.0. The molecule has 0 fully saturated rings. The van der Waals surface area contributed by atoms with Gasteiger partial charge in [0.2, 0.25) is 5.95 Å². The van der Waals surface area contributed by atoms with Crippen molar-refractivity contribution in [2.75, 3.05) is 25.0 Å². The molecule has 0 spiro atoms. The third-order valence-corrected chi connectivity index (χ3v) is 5.38. The van der Waals surface area contributed by atoms with Gasteiger partial charge < -0.3 is 14.5 Å².